The van der Waals surface area contributed by atoms with Crippen LogP contribution < -0.4 is 20.7 Å². The number of ether oxygens (including phenoxy) is 1. The molecule has 0 bridgehead atoms. The van der Waals surface area contributed by atoms with E-state index >= 15 is 0 Å². The van der Waals surface area contributed by atoms with Crippen molar-refractivity contribution in [2.75, 3.05) is 31.4 Å². The highest BCUT2D eigenvalue weighted by Gasteiger charge is 2.36. The lowest BCUT2D eigenvalue weighted by Gasteiger charge is -2.17. The molecule has 11 nitrogen and oxygen atoms in total. The number of nitrogens with zero attached hydrogens (tertiary/aromatic N) is 3. The van der Waals surface area contributed by atoms with Gasteiger partial charge in [-0.15, -0.1) is 9.05 Å². The van der Waals surface area contributed by atoms with Gasteiger partial charge >= 0.3 is 14.4 Å². The number of carbonyl (C=O) groups is 1. The van der Waals surface area contributed by atoms with E-state index < -0.39 is 31.7 Å². The lowest BCUT2D eigenvalue weighted by atomic mass is 10.2. The molecule has 1 unspecified atom stereocenters. The van der Waals surface area contributed by atoms with Crippen LogP contribution in [-0.4, -0.2) is 41.6 Å². The van der Waals surface area contributed by atoms with Gasteiger partial charge in [-0.25, -0.2) is 9.97 Å². The first-order chi connectivity index (χ1) is 18.5. The fourth-order valence-electron chi connectivity index (χ4n) is 3.06. The number of nitrogens with one attached hydrogen (secondary N) is 3. The maximum Gasteiger partial charge on any atom is 0.697 e. The van der Waals surface area contributed by atoms with E-state index in [1.807, 2.05) is 0 Å². The van der Waals surface area contributed by atoms with Crippen LogP contribution in [0.3, 0.4) is 0 Å². The normalized spacial score (nSPS) is 11.6. The molecule has 2 aromatic heterocycles. The van der Waals surface area contributed by atoms with Crippen molar-refractivity contribution in [3.05, 3.63) is 56.9 Å². The maximum absolute atomic E-state index is 13.8. The summed E-state index contributed by atoms with van der Waals surface area (Å²) in [5.74, 6) is -1.28. The molecule has 17 heteroatoms. The standard InChI is InChI=1S/C22H20BrClF3N6O5P/c1-4-37-39(35)38-10-11-7-16(36-3)15(8-13(11)24)31-21-29-9-12(22(25,26)27)19(33-21)30-14-5-6-17(23)32-18(14)20(34)28-2/h5-9H,4,10H2,1-3H3,(H2-,28,29,30,31,33,34)/p+1. The fourth-order valence-corrected chi connectivity index (χ4v) is 4.12. The van der Waals surface area contributed by atoms with E-state index in [0.29, 0.717) is 16.4 Å². The van der Waals surface area contributed by atoms with Gasteiger partial charge in [0.2, 0.25) is 5.95 Å². The zero-order chi connectivity index (χ0) is 28.7. The zero-order valence-corrected chi connectivity index (χ0v) is 23.8. The van der Waals surface area contributed by atoms with Gasteiger partial charge in [0.25, 0.3) is 5.91 Å². The number of aromatic nitrogens is 3. The molecule has 0 saturated heterocycles. The molecule has 0 fully saturated rings. The Morgan fingerprint density at radius 3 is 2.54 bits per heavy atom. The lowest BCUT2D eigenvalue weighted by molar-refractivity contribution is -0.137. The molecule has 0 spiro atoms. The lowest BCUT2D eigenvalue weighted by Crippen LogP contribution is -2.21. The molecule has 1 amide bonds. The second-order valence-corrected chi connectivity index (χ2v) is 9.55. The van der Waals surface area contributed by atoms with Crippen molar-refractivity contribution in [3.8, 4) is 5.75 Å². The summed E-state index contributed by atoms with van der Waals surface area (Å²) in [5, 5.41) is 7.87. The monoisotopic (exact) mass is 651 g/mol. The highest BCUT2D eigenvalue weighted by atomic mass is 79.9. The molecule has 1 aromatic carbocycles. The molecule has 0 aliphatic carbocycles. The van der Waals surface area contributed by atoms with Crippen LogP contribution in [-0.2, 0) is 26.4 Å². The molecule has 3 aromatic rings. The third-order valence-electron chi connectivity index (χ3n) is 4.83. The van der Waals surface area contributed by atoms with Gasteiger partial charge in [-0.2, -0.15) is 18.2 Å². The van der Waals surface area contributed by atoms with E-state index in [-0.39, 0.29) is 47.0 Å². The number of benzene rings is 1. The number of anilines is 4. The summed E-state index contributed by atoms with van der Waals surface area (Å²) < 4.78 is 68.6. The average Bonchev–Trinajstić information content (AvgIpc) is 2.88. The number of pyridine rings is 1. The summed E-state index contributed by atoms with van der Waals surface area (Å²) >= 11 is 9.46. The second-order valence-electron chi connectivity index (χ2n) is 7.37. The number of hydrogen-bond donors (Lipinski definition) is 3. The Hall–Kier alpha value is -3.10. The van der Waals surface area contributed by atoms with Crippen molar-refractivity contribution in [2.24, 2.45) is 0 Å². The topological polar surface area (TPSA) is 137 Å². The number of rotatable bonds is 11. The van der Waals surface area contributed by atoms with Crippen LogP contribution in [0.4, 0.5) is 36.3 Å². The van der Waals surface area contributed by atoms with Gasteiger partial charge in [0.1, 0.15) is 34.9 Å². The summed E-state index contributed by atoms with van der Waals surface area (Å²) in [4.78, 5) is 24.0. The van der Waals surface area contributed by atoms with Gasteiger partial charge in [-0.3, -0.25) is 4.79 Å². The van der Waals surface area contributed by atoms with Crippen molar-refractivity contribution < 1.29 is 36.3 Å². The molecule has 0 radical (unpaired) electrons. The number of amides is 1. The Morgan fingerprint density at radius 2 is 1.90 bits per heavy atom. The number of methoxy groups -OCH3 is 1. The predicted molar refractivity (Wildman–Crippen MR) is 141 cm³/mol. The van der Waals surface area contributed by atoms with Crippen molar-refractivity contribution in [3.63, 3.8) is 0 Å². The molecule has 2 heterocycles. The Labute approximate surface area is 234 Å². The van der Waals surface area contributed by atoms with E-state index in [0.717, 1.165) is 0 Å². The van der Waals surface area contributed by atoms with Crippen LogP contribution in [0.5, 0.6) is 5.75 Å². The van der Waals surface area contributed by atoms with Crippen LogP contribution in [0.15, 0.2) is 35.1 Å². The van der Waals surface area contributed by atoms with Crippen LogP contribution in [0, 0.1) is 0 Å². The van der Waals surface area contributed by atoms with Crippen molar-refractivity contribution in [1.29, 1.82) is 0 Å². The summed E-state index contributed by atoms with van der Waals surface area (Å²) in [7, 11) is 0.379. The highest BCUT2D eigenvalue weighted by Crippen LogP contribution is 2.38. The Kier molecular flexibility index (Phi) is 10.4. The second kappa shape index (κ2) is 13.3. The Morgan fingerprint density at radius 1 is 1.15 bits per heavy atom. The van der Waals surface area contributed by atoms with E-state index in [4.69, 9.17) is 25.4 Å². The van der Waals surface area contributed by atoms with E-state index in [9.17, 15) is 22.5 Å². The molecular weight excluding hydrogens is 632 g/mol. The average molecular weight is 653 g/mol. The SMILES string of the molecule is CCO[P+](=O)OCc1cc(OC)c(Nc2ncc(C(F)(F)F)c(Nc3ccc(Br)nc3C(=O)NC)n2)cc1Cl. The number of alkyl halides is 3. The molecule has 39 heavy (non-hydrogen) atoms. The number of halogens is 5. The first kappa shape index (κ1) is 30.4. The van der Waals surface area contributed by atoms with Crippen LogP contribution in [0.25, 0.3) is 0 Å². The number of carbonyl (C=O) groups excluding carboxylic acids is 1. The van der Waals surface area contributed by atoms with Crippen molar-refractivity contribution in [2.45, 2.75) is 19.7 Å². The summed E-state index contributed by atoms with van der Waals surface area (Å²) in [5.41, 5.74) is -0.724. The third kappa shape index (κ3) is 7.96. The minimum absolute atomic E-state index is 0.0249. The molecule has 0 aliphatic rings. The van der Waals surface area contributed by atoms with Crippen LogP contribution >= 0.6 is 35.8 Å². The zero-order valence-electron chi connectivity index (χ0n) is 20.5. The molecular formula is C22H21BrClF3N6O5P+. The summed E-state index contributed by atoms with van der Waals surface area (Å²) in [6.07, 6.45) is -4.23. The largest absolute Gasteiger partial charge is 0.697 e. The summed E-state index contributed by atoms with van der Waals surface area (Å²) in [6.45, 7) is 1.71. The molecule has 3 N–H and O–H groups in total. The van der Waals surface area contributed by atoms with Gasteiger partial charge in [0, 0.05) is 28.4 Å². The molecule has 208 valence electrons. The van der Waals surface area contributed by atoms with E-state index in [2.05, 4.69) is 46.8 Å². The van der Waals surface area contributed by atoms with Crippen molar-refractivity contribution in [1.82, 2.24) is 20.3 Å². The van der Waals surface area contributed by atoms with E-state index in [1.54, 1.807) is 6.92 Å². The molecule has 3 rings (SSSR count). The third-order valence-corrected chi connectivity index (χ3v) is 6.43. The molecule has 0 saturated carbocycles. The first-order valence-electron chi connectivity index (χ1n) is 10.9. The number of hydrogen-bond acceptors (Lipinski definition) is 10. The minimum atomic E-state index is -4.82. The van der Waals surface area contributed by atoms with Gasteiger partial charge in [0.15, 0.2) is 5.69 Å². The maximum atomic E-state index is 13.8. The molecule has 0 aliphatic heterocycles. The Balaban J connectivity index is 1.97. The van der Waals surface area contributed by atoms with Crippen LogP contribution in [0.2, 0.25) is 5.02 Å². The first-order valence-corrected chi connectivity index (χ1v) is 13.2. The highest BCUT2D eigenvalue weighted by molar-refractivity contribution is 9.10. The van der Waals surface area contributed by atoms with Gasteiger partial charge in [-0.05, 0) is 47.1 Å². The van der Waals surface area contributed by atoms with Gasteiger partial charge in [-0.1, -0.05) is 11.6 Å². The van der Waals surface area contributed by atoms with E-state index in [1.165, 1.54) is 38.4 Å². The predicted octanol–water partition coefficient (Wildman–Crippen LogP) is 6.37. The van der Waals surface area contributed by atoms with Crippen molar-refractivity contribution >= 4 is 64.8 Å². The minimum Gasteiger partial charge on any atom is -0.495 e. The quantitative estimate of drug-likeness (QED) is 0.158. The smallest absolute Gasteiger partial charge is 0.495 e. The van der Waals surface area contributed by atoms with Gasteiger partial charge in [0.05, 0.1) is 18.5 Å². The summed E-state index contributed by atoms with van der Waals surface area (Å²) in [6, 6.07) is 5.74. The molecule has 1 atom stereocenters. The van der Waals surface area contributed by atoms with Crippen LogP contribution in [0.1, 0.15) is 28.5 Å². The van der Waals surface area contributed by atoms with Gasteiger partial charge < -0.3 is 20.7 Å². The Bertz CT molecular complexity index is 1380. The fraction of sp³-hybridized carbons (Fsp3) is 0.273.